The maximum Gasteiger partial charge on any atom is 0.316 e. The molecule has 3 nitrogen and oxygen atoms in total. The molecule has 0 spiro atoms. The second-order valence-electron chi connectivity index (χ2n) is 4.32. The summed E-state index contributed by atoms with van der Waals surface area (Å²) < 4.78 is 0. The van der Waals surface area contributed by atoms with Crippen LogP contribution in [0.25, 0.3) is 0 Å². The fraction of sp³-hybridized carbons (Fsp3) is 0.364. The van der Waals surface area contributed by atoms with Gasteiger partial charge in [0.05, 0.1) is 0 Å². The third kappa shape index (κ3) is 2.76. The second-order valence-corrected chi connectivity index (χ2v) is 4.32. The molecule has 1 rings (SSSR count). The first kappa shape index (κ1) is 10.6. The number of carbonyl (C=O) groups excluding carboxylic acids is 1. The summed E-state index contributed by atoms with van der Waals surface area (Å²) in [6, 6.07) is 7.17. The minimum atomic E-state index is -0.531. The summed E-state index contributed by atoms with van der Waals surface area (Å²) in [5.41, 5.74) is 7.02. The van der Waals surface area contributed by atoms with E-state index >= 15 is 0 Å². The SMILES string of the molecule is CC(C)(C)c1cccc(NC(N)=O)c1. The van der Waals surface area contributed by atoms with Gasteiger partial charge in [0.25, 0.3) is 0 Å². The maximum atomic E-state index is 10.6. The molecular formula is C11H16N2O. The van der Waals surface area contributed by atoms with E-state index in [1.165, 1.54) is 5.56 Å². The fourth-order valence-electron chi connectivity index (χ4n) is 1.21. The van der Waals surface area contributed by atoms with Crippen molar-refractivity contribution in [2.24, 2.45) is 5.73 Å². The molecule has 3 N–H and O–H groups in total. The van der Waals surface area contributed by atoms with E-state index in [1.54, 1.807) is 0 Å². The molecule has 1 aromatic carbocycles. The highest BCUT2D eigenvalue weighted by atomic mass is 16.2. The lowest BCUT2D eigenvalue weighted by Gasteiger charge is -2.19. The molecular weight excluding hydrogens is 176 g/mol. The summed E-state index contributed by atoms with van der Waals surface area (Å²) in [6.07, 6.45) is 0. The van der Waals surface area contributed by atoms with Gasteiger partial charge in [-0.05, 0) is 23.1 Å². The van der Waals surface area contributed by atoms with Gasteiger partial charge in [0.15, 0.2) is 0 Å². The monoisotopic (exact) mass is 192 g/mol. The van der Waals surface area contributed by atoms with E-state index in [0.29, 0.717) is 0 Å². The average Bonchev–Trinajstić information content (AvgIpc) is 2.01. The third-order valence-corrected chi connectivity index (χ3v) is 2.00. The van der Waals surface area contributed by atoms with Crippen LogP contribution in [0.15, 0.2) is 24.3 Å². The van der Waals surface area contributed by atoms with Crippen LogP contribution in [0.4, 0.5) is 10.5 Å². The number of benzene rings is 1. The summed E-state index contributed by atoms with van der Waals surface area (Å²) in [4.78, 5) is 10.6. The number of hydrogen-bond acceptors (Lipinski definition) is 1. The van der Waals surface area contributed by atoms with Crippen molar-refractivity contribution in [1.29, 1.82) is 0 Å². The minimum absolute atomic E-state index is 0.0787. The van der Waals surface area contributed by atoms with Crippen molar-refractivity contribution in [3.05, 3.63) is 29.8 Å². The van der Waals surface area contributed by atoms with Crippen LogP contribution in [0.1, 0.15) is 26.3 Å². The van der Waals surface area contributed by atoms with Gasteiger partial charge < -0.3 is 11.1 Å². The molecule has 2 amide bonds. The van der Waals surface area contributed by atoms with Gasteiger partial charge in [-0.15, -0.1) is 0 Å². The molecule has 0 aromatic heterocycles. The molecule has 14 heavy (non-hydrogen) atoms. The normalized spacial score (nSPS) is 11.1. The summed E-state index contributed by atoms with van der Waals surface area (Å²) in [5, 5.41) is 2.56. The van der Waals surface area contributed by atoms with Gasteiger partial charge >= 0.3 is 6.03 Å². The molecule has 0 aliphatic heterocycles. The number of rotatable bonds is 1. The molecule has 0 atom stereocenters. The van der Waals surface area contributed by atoms with Gasteiger partial charge in [-0.25, -0.2) is 4.79 Å². The van der Waals surface area contributed by atoms with Crippen molar-refractivity contribution in [2.75, 3.05) is 5.32 Å². The van der Waals surface area contributed by atoms with Crippen LogP contribution in [0.3, 0.4) is 0 Å². The lowest BCUT2D eigenvalue weighted by Crippen LogP contribution is -2.20. The Kier molecular flexibility index (Phi) is 2.79. The van der Waals surface area contributed by atoms with Crippen LogP contribution >= 0.6 is 0 Å². The Labute approximate surface area is 84.3 Å². The lowest BCUT2D eigenvalue weighted by atomic mass is 9.87. The molecule has 0 saturated heterocycles. The Bertz CT molecular complexity index is 339. The third-order valence-electron chi connectivity index (χ3n) is 2.00. The highest BCUT2D eigenvalue weighted by Gasteiger charge is 2.13. The summed E-state index contributed by atoms with van der Waals surface area (Å²) in [5.74, 6) is 0. The first-order chi connectivity index (χ1) is 6.39. The molecule has 0 aliphatic carbocycles. The maximum absolute atomic E-state index is 10.6. The Morgan fingerprint density at radius 1 is 1.36 bits per heavy atom. The van der Waals surface area contributed by atoms with Crippen LogP contribution < -0.4 is 11.1 Å². The van der Waals surface area contributed by atoms with Gasteiger partial charge in [0.2, 0.25) is 0 Å². The molecule has 0 bridgehead atoms. The largest absolute Gasteiger partial charge is 0.351 e. The zero-order valence-corrected chi connectivity index (χ0v) is 8.79. The molecule has 0 radical (unpaired) electrons. The first-order valence-electron chi connectivity index (χ1n) is 4.56. The molecule has 0 fully saturated rings. The Morgan fingerprint density at radius 2 is 2.00 bits per heavy atom. The lowest BCUT2D eigenvalue weighted by molar-refractivity contribution is 0.259. The van der Waals surface area contributed by atoms with E-state index in [4.69, 9.17) is 5.73 Å². The van der Waals surface area contributed by atoms with Crippen molar-refractivity contribution < 1.29 is 4.79 Å². The molecule has 1 aromatic rings. The molecule has 3 heteroatoms. The van der Waals surface area contributed by atoms with Gasteiger partial charge in [0.1, 0.15) is 0 Å². The standard InChI is InChI=1S/C11H16N2O/c1-11(2,3)8-5-4-6-9(7-8)13-10(12)14/h4-7H,1-3H3,(H3,12,13,14). The van der Waals surface area contributed by atoms with E-state index in [-0.39, 0.29) is 5.41 Å². The topological polar surface area (TPSA) is 55.1 Å². The van der Waals surface area contributed by atoms with Gasteiger partial charge in [-0.1, -0.05) is 32.9 Å². The van der Waals surface area contributed by atoms with Crippen LogP contribution in [-0.2, 0) is 5.41 Å². The van der Waals surface area contributed by atoms with Gasteiger partial charge in [0, 0.05) is 5.69 Å². The fourth-order valence-corrected chi connectivity index (χ4v) is 1.21. The number of amides is 2. The smallest absolute Gasteiger partial charge is 0.316 e. The molecule has 0 aliphatic rings. The summed E-state index contributed by atoms with van der Waals surface area (Å²) in [7, 11) is 0. The number of carbonyl (C=O) groups is 1. The van der Waals surface area contributed by atoms with E-state index in [1.807, 2.05) is 24.3 Å². The Balaban J connectivity index is 2.95. The zero-order valence-electron chi connectivity index (χ0n) is 8.79. The number of hydrogen-bond donors (Lipinski definition) is 2. The Morgan fingerprint density at radius 3 is 2.50 bits per heavy atom. The number of nitrogens with two attached hydrogens (primary N) is 1. The number of anilines is 1. The van der Waals surface area contributed by atoms with Crippen molar-refractivity contribution in [3.8, 4) is 0 Å². The summed E-state index contributed by atoms with van der Waals surface area (Å²) >= 11 is 0. The molecule has 76 valence electrons. The van der Waals surface area contributed by atoms with E-state index in [9.17, 15) is 4.79 Å². The first-order valence-corrected chi connectivity index (χ1v) is 4.56. The minimum Gasteiger partial charge on any atom is -0.351 e. The Hall–Kier alpha value is -1.51. The van der Waals surface area contributed by atoms with E-state index in [2.05, 4.69) is 26.1 Å². The summed E-state index contributed by atoms with van der Waals surface area (Å²) in [6.45, 7) is 6.36. The van der Waals surface area contributed by atoms with E-state index in [0.717, 1.165) is 5.69 Å². The van der Waals surface area contributed by atoms with Crippen LogP contribution in [-0.4, -0.2) is 6.03 Å². The second kappa shape index (κ2) is 3.70. The van der Waals surface area contributed by atoms with Crippen LogP contribution in [0, 0.1) is 0 Å². The average molecular weight is 192 g/mol. The quantitative estimate of drug-likeness (QED) is 0.705. The number of nitrogens with one attached hydrogen (secondary N) is 1. The van der Waals surface area contributed by atoms with Crippen LogP contribution in [0.2, 0.25) is 0 Å². The molecule has 0 saturated carbocycles. The van der Waals surface area contributed by atoms with Gasteiger partial charge in [-0.2, -0.15) is 0 Å². The van der Waals surface area contributed by atoms with Gasteiger partial charge in [-0.3, -0.25) is 0 Å². The molecule has 0 unspecified atom stereocenters. The predicted octanol–water partition coefficient (Wildman–Crippen LogP) is 2.47. The highest BCUT2D eigenvalue weighted by molar-refractivity contribution is 5.87. The van der Waals surface area contributed by atoms with Crippen molar-refractivity contribution in [3.63, 3.8) is 0 Å². The zero-order chi connectivity index (χ0) is 10.8. The van der Waals surface area contributed by atoms with Crippen molar-refractivity contribution >= 4 is 11.7 Å². The molecule has 0 heterocycles. The number of urea groups is 1. The van der Waals surface area contributed by atoms with E-state index < -0.39 is 6.03 Å². The highest BCUT2D eigenvalue weighted by Crippen LogP contribution is 2.24. The van der Waals surface area contributed by atoms with Crippen LogP contribution in [0.5, 0.6) is 0 Å². The number of primary amides is 1. The van der Waals surface area contributed by atoms with Crippen molar-refractivity contribution in [1.82, 2.24) is 0 Å². The predicted molar refractivity (Wildman–Crippen MR) is 58.3 cm³/mol. The van der Waals surface area contributed by atoms with Crippen molar-refractivity contribution in [2.45, 2.75) is 26.2 Å².